The average molecular weight is 282 g/mol. The average Bonchev–Trinajstić information content (AvgIpc) is 2.52. The smallest absolute Gasteiger partial charge is 0.202 e. The lowest BCUT2D eigenvalue weighted by Gasteiger charge is -2.38. The van der Waals surface area contributed by atoms with Crippen molar-refractivity contribution in [1.29, 1.82) is 0 Å². The maximum absolute atomic E-state index is 12.0. The quantitative estimate of drug-likeness (QED) is 0.776. The highest BCUT2D eigenvalue weighted by Gasteiger charge is 2.25. The van der Waals surface area contributed by atoms with E-state index in [1.807, 2.05) is 23.1 Å². The van der Waals surface area contributed by atoms with Crippen LogP contribution in [0.5, 0.6) is 0 Å². The van der Waals surface area contributed by atoms with Crippen molar-refractivity contribution in [3.63, 3.8) is 0 Å². The van der Waals surface area contributed by atoms with Gasteiger partial charge in [0.2, 0.25) is 5.78 Å². The molecule has 0 radical (unpaired) electrons. The highest BCUT2D eigenvalue weighted by Crippen LogP contribution is 2.20. The van der Waals surface area contributed by atoms with Gasteiger partial charge in [0.1, 0.15) is 0 Å². The highest BCUT2D eigenvalue weighted by atomic mass is 16.1. The Hall–Kier alpha value is -2.36. The number of anilines is 1. The van der Waals surface area contributed by atoms with E-state index in [1.54, 1.807) is 6.92 Å². The van der Waals surface area contributed by atoms with Gasteiger partial charge in [0.25, 0.3) is 0 Å². The van der Waals surface area contributed by atoms with E-state index in [4.69, 9.17) is 0 Å². The van der Waals surface area contributed by atoms with Crippen LogP contribution in [0.3, 0.4) is 0 Å². The van der Waals surface area contributed by atoms with Crippen LogP contribution in [-0.2, 0) is 9.59 Å². The molecule has 0 atom stereocenters. The zero-order valence-electron chi connectivity index (χ0n) is 12.1. The van der Waals surface area contributed by atoms with E-state index >= 15 is 0 Å². The summed E-state index contributed by atoms with van der Waals surface area (Å²) in [5.41, 5.74) is 2.26. The minimum absolute atomic E-state index is 0.0553. The summed E-state index contributed by atoms with van der Waals surface area (Å²) >= 11 is 0. The molecule has 1 aromatic carbocycles. The number of hydrogen-bond acceptors (Lipinski definition) is 4. The second kappa shape index (κ2) is 5.56. The summed E-state index contributed by atoms with van der Waals surface area (Å²) in [7, 11) is 0. The Kier molecular flexibility index (Phi) is 3.60. The molecule has 0 spiro atoms. The maximum Gasteiger partial charge on any atom is 0.202 e. The molecule has 0 amide bonds. The van der Waals surface area contributed by atoms with Gasteiger partial charge in [-0.25, -0.2) is 0 Å². The lowest BCUT2D eigenvalue weighted by molar-refractivity contribution is -0.116. The summed E-state index contributed by atoms with van der Waals surface area (Å²) in [5.74, 6) is -0.115. The molecule has 1 aliphatic carbocycles. The topological polar surface area (TPSA) is 40.6 Å². The Bertz CT molecular complexity index is 623. The monoisotopic (exact) mass is 282 g/mol. The van der Waals surface area contributed by atoms with Gasteiger partial charge in [0.05, 0.1) is 5.70 Å². The summed E-state index contributed by atoms with van der Waals surface area (Å²) in [6, 6.07) is 10.3. The van der Waals surface area contributed by atoms with Crippen molar-refractivity contribution < 1.29 is 9.59 Å². The van der Waals surface area contributed by atoms with E-state index < -0.39 is 0 Å². The molecule has 1 fully saturated rings. The van der Waals surface area contributed by atoms with Crippen LogP contribution in [0.2, 0.25) is 0 Å². The summed E-state index contributed by atoms with van der Waals surface area (Å²) in [6.07, 6.45) is 2.93. The molecule has 1 heterocycles. The van der Waals surface area contributed by atoms with E-state index in [1.165, 1.54) is 17.8 Å². The SMILES string of the molecule is CC1=CC(=O)C(N2CCN(c3ccccc3)CC2)=CC1=O. The van der Waals surface area contributed by atoms with Crippen molar-refractivity contribution >= 4 is 17.3 Å². The predicted molar refractivity (Wildman–Crippen MR) is 82.1 cm³/mol. The molecular weight excluding hydrogens is 264 g/mol. The lowest BCUT2D eigenvalue weighted by Crippen LogP contribution is -2.47. The van der Waals surface area contributed by atoms with Gasteiger partial charge in [0.15, 0.2) is 5.78 Å². The fourth-order valence-corrected chi connectivity index (χ4v) is 2.74. The van der Waals surface area contributed by atoms with Gasteiger partial charge < -0.3 is 9.80 Å². The van der Waals surface area contributed by atoms with Gasteiger partial charge in [-0.2, -0.15) is 0 Å². The van der Waals surface area contributed by atoms with Crippen LogP contribution in [0, 0.1) is 0 Å². The number of ketones is 2. The fourth-order valence-electron chi connectivity index (χ4n) is 2.74. The zero-order valence-corrected chi connectivity index (χ0v) is 12.1. The van der Waals surface area contributed by atoms with E-state index in [2.05, 4.69) is 17.0 Å². The van der Waals surface area contributed by atoms with Gasteiger partial charge in [-0.05, 0) is 25.1 Å². The van der Waals surface area contributed by atoms with Gasteiger partial charge in [0, 0.05) is 43.5 Å². The zero-order chi connectivity index (χ0) is 14.8. The van der Waals surface area contributed by atoms with Crippen molar-refractivity contribution in [2.45, 2.75) is 6.92 Å². The third-order valence-corrected chi connectivity index (χ3v) is 4.00. The number of allylic oxidation sites excluding steroid dienone is 3. The summed E-state index contributed by atoms with van der Waals surface area (Å²) < 4.78 is 0. The Balaban J connectivity index is 1.68. The number of nitrogens with zero attached hydrogens (tertiary/aromatic N) is 2. The highest BCUT2D eigenvalue weighted by molar-refractivity contribution is 6.19. The van der Waals surface area contributed by atoms with Crippen LogP contribution in [-0.4, -0.2) is 42.6 Å². The normalized spacial score (nSPS) is 19.5. The molecule has 0 unspecified atom stereocenters. The standard InChI is InChI=1S/C17H18N2O2/c1-13-11-17(21)15(12-16(13)20)19-9-7-18(8-10-19)14-5-3-2-4-6-14/h2-6,11-12H,7-10H2,1H3. The first-order valence-corrected chi connectivity index (χ1v) is 7.19. The number of piperazine rings is 1. The Labute approximate surface area is 124 Å². The molecule has 3 rings (SSSR count). The Morgan fingerprint density at radius 3 is 2.10 bits per heavy atom. The summed E-state index contributed by atoms with van der Waals surface area (Å²) in [4.78, 5) is 28.1. The molecule has 0 N–H and O–H groups in total. The Morgan fingerprint density at radius 2 is 1.43 bits per heavy atom. The predicted octanol–water partition coefficient (Wildman–Crippen LogP) is 1.79. The third kappa shape index (κ3) is 2.75. The van der Waals surface area contributed by atoms with Crippen LogP contribution < -0.4 is 4.90 Å². The molecule has 0 aromatic heterocycles. The second-order valence-corrected chi connectivity index (χ2v) is 5.40. The molecule has 108 valence electrons. The van der Waals surface area contributed by atoms with E-state index in [0.717, 1.165) is 26.2 Å². The molecule has 4 heteroatoms. The first-order valence-electron chi connectivity index (χ1n) is 7.19. The lowest BCUT2D eigenvalue weighted by atomic mass is 10.0. The fraction of sp³-hybridized carbons (Fsp3) is 0.294. The maximum atomic E-state index is 12.0. The number of para-hydroxylation sites is 1. The number of carbonyl (C=O) groups excluding carboxylic acids is 2. The Morgan fingerprint density at radius 1 is 0.810 bits per heavy atom. The minimum Gasteiger partial charge on any atom is -0.368 e. The molecule has 0 bridgehead atoms. The molecule has 1 aromatic rings. The third-order valence-electron chi connectivity index (χ3n) is 4.00. The van der Waals surface area contributed by atoms with Crippen molar-refractivity contribution in [1.82, 2.24) is 4.90 Å². The number of benzene rings is 1. The van der Waals surface area contributed by atoms with Crippen molar-refractivity contribution in [3.05, 3.63) is 53.8 Å². The molecule has 1 saturated heterocycles. The summed E-state index contributed by atoms with van der Waals surface area (Å²) in [6.45, 7) is 4.90. The number of hydrogen-bond donors (Lipinski definition) is 0. The first kappa shape index (κ1) is 13.6. The van der Waals surface area contributed by atoms with Gasteiger partial charge in [-0.1, -0.05) is 18.2 Å². The van der Waals surface area contributed by atoms with Gasteiger partial charge >= 0.3 is 0 Å². The summed E-state index contributed by atoms with van der Waals surface area (Å²) in [5, 5.41) is 0. The second-order valence-electron chi connectivity index (χ2n) is 5.40. The van der Waals surface area contributed by atoms with Crippen molar-refractivity contribution in [2.24, 2.45) is 0 Å². The van der Waals surface area contributed by atoms with Gasteiger partial charge in [-0.3, -0.25) is 9.59 Å². The first-order chi connectivity index (χ1) is 10.1. The van der Waals surface area contributed by atoms with Crippen molar-refractivity contribution in [3.8, 4) is 0 Å². The largest absolute Gasteiger partial charge is 0.368 e. The number of rotatable bonds is 2. The van der Waals surface area contributed by atoms with E-state index in [9.17, 15) is 9.59 Å². The van der Waals surface area contributed by atoms with Crippen LogP contribution in [0.25, 0.3) is 0 Å². The van der Waals surface area contributed by atoms with Crippen LogP contribution >= 0.6 is 0 Å². The van der Waals surface area contributed by atoms with Gasteiger partial charge in [-0.15, -0.1) is 0 Å². The number of carbonyl (C=O) groups is 2. The minimum atomic E-state index is -0.0601. The molecular formula is C17H18N2O2. The van der Waals surface area contributed by atoms with Crippen LogP contribution in [0.15, 0.2) is 53.8 Å². The molecule has 0 saturated carbocycles. The molecule has 21 heavy (non-hydrogen) atoms. The van der Waals surface area contributed by atoms with Crippen LogP contribution in [0.4, 0.5) is 5.69 Å². The van der Waals surface area contributed by atoms with Crippen LogP contribution in [0.1, 0.15) is 6.92 Å². The van der Waals surface area contributed by atoms with Crippen molar-refractivity contribution in [2.75, 3.05) is 31.1 Å². The molecule has 2 aliphatic rings. The molecule has 1 aliphatic heterocycles. The van der Waals surface area contributed by atoms with E-state index in [0.29, 0.717) is 11.3 Å². The van der Waals surface area contributed by atoms with E-state index in [-0.39, 0.29) is 11.6 Å². The molecule has 4 nitrogen and oxygen atoms in total.